The minimum atomic E-state index is -1.16. The number of rotatable bonds is 14. The van der Waals surface area contributed by atoms with E-state index < -0.39 is 41.8 Å². The Balaban J connectivity index is 2.73. The predicted molar refractivity (Wildman–Crippen MR) is 125 cm³/mol. The smallest absolute Gasteiger partial charge is 0.326 e. The first-order valence-corrected chi connectivity index (χ1v) is 12.0. The van der Waals surface area contributed by atoms with E-state index in [1.165, 1.54) is 0 Å². The van der Waals surface area contributed by atoms with Gasteiger partial charge < -0.3 is 26.8 Å². The van der Waals surface area contributed by atoms with Gasteiger partial charge in [0.05, 0.1) is 12.6 Å². The lowest BCUT2D eigenvalue weighted by atomic mass is 9.97. The van der Waals surface area contributed by atoms with Gasteiger partial charge in [0, 0.05) is 6.42 Å². The van der Waals surface area contributed by atoms with E-state index in [9.17, 15) is 24.3 Å². The number of amides is 3. The molecule has 3 amide bonds. The van der Waals surface area contributed by atoms with Gasteiger partial charge >= 0.3 is 5.97 Å². The van der Waals surface area contributed by atoms with Gasteiger partial charge in [-0.25, -0.2) is 4.79 Å². The van der Waals surface area contributed by atoms with Crippen LogP contribution < -0.4 is 21.7 Å². The summed E-state index contributed by atoms with van der Waals surface area (Å²) in [5.41, 5.74) is 6.55. The number of carboxylic acid groups (broad SMARTS) is 1. The number of carbonyl (C=O) groups excluding carboxylic acids is 3. The molecule has 4 atom stereocenters. The van der Waals surface area contributed by atoms with Crippen LogP contribution in [0.1, 0.15) is 32.3 Å². The number of aliphatic carboxylic acids is 1. The van der Waals surface area contributed by atoms with E-state index in [4.69, 9.17) is 5.73 Å². The number of benzene rings is 1. The van der Waals surface area contributed by atoms with Gasteiger partial charge in [-0.1, -0.05) is 50.6 Å². The van der Waals surface area contributed by atoms with Crippen molar-refractivity contribution in [2.75, 3.05) is 18.6 Å². The first-order valence-electron chi connectivity index (χ1n) is 10.6. The Morgan fingerprint density at radius 2 is 1.75 bits per heavy atom. The van der Waals surface area contributed by atoms with Gasteiger partial charge in [-0.2, -0.15) is 11.8 Å². The summed E-state index contributed by atoms with van der Waals surface area (Å²) in [7, 11) is 0. The molecule has 9 nitrogen and oxygen atoms in total. The van der Waals surface area contributed by atoms with Gasteiger partial charge in [0.2, 0.25) is 17.7 Å². The average molecular weight is 467 g/mol. The lowest BCUT2D eigenvalue weighted by Crippen LogP contribution is -2.56. The monoisotopic (exact) mass is 466 g/mol. The zero-order chi connectivity index (χ0) is 24.1. The lowest BCUT2D eigenvalue weighted by Gasteiger charge is -2.25. The first kappa shape index (κ1) is 27.4. The maximum absolute atomic E-state index is 12.8. The Labute approximate surface area is 193 Å². The van der Waals surface area contributed by atoms with Crippen LogP contribution in [-0.4, -0.2) is 65.5 Å². The van der Waals surface area contributed by atoms with Crippen LogP contribution in [-0.2, 0) is 25.6 Å². The molecule has 178 valence electrons. The third-order valence-electron chi connectivity index (χ3n) is 5.10. The predicted octanol–water partition coefficient (Wildman–Crippen LogP) is 0.526. The molecule has 1 aromatic carbocycles. The van der Waals surface area contributed by atoms with Gasteiger partial charge in [-0.3, -0.25) is 14.4 Å². The Hall–Kier alpha value is -2.59. The Bertz CT molecular complexity index is 762. The minimum absolute atomic E-state index is 0.118. The second-order valence-electron chi connectivity index (χ2n) is 7.63. The van der Waals surface area contributed by atoms with Crippen molar-refractivity contribution < 1.29 is 24.3 Å². The van der Waals surface area contributed by atoms with Gasteiger partial charge in [-0.15, -0.1) is 0 Å². The van der Waals surface area contributed by atoms with Crippen molar-refractivity contribution in [1.29, 1.82) is 0 Å². The number of hydrogen-bond acceptors (Lipinski definition) is 6. The lowest BCUT2D eigenvalue weighted by molar-refractivity contribution is -0.142. The normalized spacial score (nSPS) is 14.5. The molecule has 0 aliphatic rings. The maximum Gasteiger partial charge on any atom is 0.326 e. The van der Waals surface area contributed by atoms with E-state index in [0.717, 1.165) is 11.3 Å². The molecule has 0 aromatic heterocycles. The molecule has 0 bridgehead atoms. The van der Waals surface area contributed by atoms with Crippen molar-refractivity contribution in [2.45, 2.75) is 51.2 Å². The van der Waals surface area contributed by atoms with E-state index >= 15 is 0 Å². The highest BCUT2D eigenvalue weighted by Crippen LogP contribution is 2.10. The van der Waals surface area contributed by atoms with Gasteiger partial charge in [-0.05, 0) is 29.9 Å². The summed E-state index contributed by atoms with van der Waals surface area (Å²) in [6.07, 6.45) is 3.10. The van der Waals surface area contributed by atoms with E-state index in [1.807, 2.05) is 19.2 Å². The van der Waals surface area contributed by atoms with Crippen LogP contribution in [0.4, 0.5) is 0 Å². The minimum Gasteiger partial charge on any atom is -0.480 e. The Kier molecular flexibility index (Phi) is 12.4. The molecular formula is C22H34N4O5S. The topological polar surface area (TPSA) is 151 Å². The summed E-state index contributed by atoms with van der Waals surface area (Å²) >= 11 is 1.57. The molecule has 32 heavy (non-hydrogen) atoms. The van der Waals surface area contributed by atoms with Crippen molar-refractivity contribution in [2.24, 2.45) is 11.7 Å². The molecule has 0 saturated carbocycles. The van der Waals surface area contributed by atoms with Crippen LogP contribution in [0.2, 0.25) is 0 Å². The molecule has 10 heteroatoms. The molecular weight excluding hydrogens is 432 g/mol. The van der Waals surface area contributed by atoms with Crippen LogP contribution >= 0.6 is 11.8 Å². The molecule has 1 rings (SSSR count). The van der Waals surface area contributed by atoms with Crippen molar-refractivity contribution in [1.82, 2.24) is 16.0 Å². The summed E-state index contributed by atoms with van der Waals surface area (Å²) in [4.78, 5) is 48.9. The van der Waals surface area contributed by atoms with Crippen molar-refractivity contribution in [3.05, 3.63) is 35.9 Å². The molecule has 6 N–H and O–H groups in total. The summed E-state index contributed by atoms with van der Waals surface area (Å²) in [6.45, 7) is 3.33. The third-order valence-corrected chi connectivity index (χ3v) is 5.75. The van der Waals surface area contributed by atoms with Crippen LogP contribution in [0.25, 0.3) is 0 Å². The number of thioether (sulfide) groups is 1. The van der Waals surface area contributed by atoms with Gasteiger partial charge in [0.1, 0.15) is 12.1 Å². The Morgan fingerprint density at radius 1 is 1.09 bits per heavy atom. The second kappa shape index (κ2) is 14.5. The molecule has 0 saturated heterocycles. The fourth-order valence-corrected chi connectivity index (χ4v) is 3.40. The zero-order valence-corrected chi connectivity index (χ0v) is 19.6. The number of nitrogens with two attached hydrogens (primary N) is 1. The van der Waals surface area contributed by atoms with Crippen LogP contribution in [0.5, 0.6) is 0 Å². The second-order valence-corrected chi connectivity index (χ2v) is 8.61. The standard InChI is InChI=1S/C22H34N4O5S/c1-4-14(2)19(26-18(27)13-24-20(28)16(23)10-11-32-3)21(29)25-17(22(30)31)12-15-8-6-5-7-9-15/h5-9,14,16-17,19H,4,10-13,23H2,1-3H3,(H,24,28)(H,25,29)(H,26,27)(H,30,31). The van der Waals surface area contributed by atoms with Crippen LogP contribution in [0.3, 0.4) is 0 Å². The summed E-state index contributed by atoms with van der Waals surface area (Å²) in [5.74, 6) is -2.25. The maximum atomic E-state index is 12.8. The zero-order valence-electron chi connectivity index (χ0n) is 18.8. The van der Waals surface area contributed by atoms with E-state index in [2.05, 4.69) is 16.0 Å². The highest BCUT2D eigenvalue weighted by Gasteiger charge is 2.30. The van der Waals surface area contributed by atoms with Gasteiger partial charge in [0.25, 0.3) is 0 Å². The molecule has 0 aliphatic carbocycles. The number of carboxylic acids is 1. The van der Waals surface area contributed by atoms with E-state index in [-0.39, 0.29) is 18.9 Å². The first-order chi connectivity index (χ1) is 15.2. The molecule has 0 radical (unpaired) electrons. The van der Waals surface area contributed by atoms with Crippen molar-refractivity contribution in [3.63, 3.8) is 0 Å². The SMILES string of the molecule is CCC(C)C(NC(=O)CNC(=O)C(N)CCSC)C(=O)NC(Cc1ccccc1)C(=O)O. The number of carbonyl (C=O) groups is 4. The summed E-state index contributed by atoms with van der Waals surface area (Å²) in [5, 5.41) is 17.2. The Morgan fingerprint density at radius 3 is 2.31 bits per heavy atom. The highest BCUT2D eigenvalue weighted by molar-refractivity contribution is 7.98. The molecule has 0 aliphatic heterocycles. The fraction of sp³-hybridized carbons (Fsp3) is 0.545. The van der Waals surface area contributed by atoms with Crippen molar-refractivity contribution >= 4 is 35.5 Å². The quantitative estimate of drug-likeness (QED) is 0.268. The number of nitrogens with one attached hydrogen (secondary N) is 3. The third kappa shape index (κ3) is 9.69. The average Bonchev–Trinajstić information content (AvgIpc) is 2.78. The van der Waals surface area contributed by atoms with Crippen LogP contribution in [0.15, 0.2) is 30.3 Å². The molecule has 0 spiro atoms. The fourth-order valence-electron chi connectivity index (χ4n) is 2.91. The van der Waals surface area contributed by atoms with Gasteiger partial charge in [0.15, 0.2) is 0 Å². The molecule has 1 aromatic rings. The van der Waals surface area contributed by atoms with Crippen molar-refractivity contribution in [3.8, 4) is 0 Å². The van der Waals surface area contributed by atoms with E-state index in [0.29, 0.717) is 12.8 Å². The number of hydrogen-bond donors (Lipinski definition) is 5. The van der Waals surface area contributed by atoms with E-state index in [1.54, 1.807) is 43.0 Å². The van der Waals surface area contributed by atoms with Crippen LogP contribution in [0, 0.1) is 5.92 Å². The molecule has 0 fully saturated rings. The molecule has 4 unspecified atom stereocenters. The summed E-state index contributed by atoms with van der Waals surface area (Å²) < 4.78 is 0. The highest BCUT2D eigenvalue weighted by atomic mass is 32.2. The molecule has 0 heterocycles. The summed E-state index contributed by atoms with van der Waals surface area (Å²) in [6, 6.07) is 6.18. The largest absolute Gasteiger partial charge is 0.480 e.